The van der Waals surface area contributed by atoms with Gasteiger partial charge in [-0.05, 0) is 56.3 Å². The number of nitrogens with one attached hydrogen (secondary N) is 1. The van der Waals surface area contributed by atoms with Gasteiger partial charge in [0, 0.05) is 11.8 Å². The van der Waals surface area contributed by atoms with Gasteiger partial charge in [0.15, 0.2) is 0 Å². The number of hydrogen-bond acceptors (Lipinski definition) is 3. The van der Waals surface area contributed by atoms with E-state index in [1.165, 1.54) is 0 Å². The van der Waals surface area contributed by atoms with Crippen LogP contribution in [0.5, 0.6) is 5.75 Å². The fourth-order valence-corrected chi connectivity index (χ4v) is 2.53. The summed E-state index contributed by atoms with van der Waals surface area (Å²) in [6.07, 6.45) is 4.41. The van der Waals surface area contributed by atoms with Crippen LogP contribution >= 0.6 is 0 Å². The molecule has 3 rings (SSSR count). The van der Waals surface area contributed by atoms with Crippen molar-refractivity contribution in [2.75, 3.05) is 20.2 Å². The molecule has 4 heteroatoms. The van der Waals surface area contributed by atoms with Gasteiger partial charge in [-0.15, -0.1) is 0 Å². The summed E-state index contributed by atoms with van der Waals surface area (Å²) >= 11 is 0. The highest BCUT2D eigenvalue weighted by Crippen LogP contribution is 2.23. The summed E-state index contributed by atoms with van der Waals surface area (Å²) < 4.78 is 7.28. The molecule has 0 spiro atoms. The molecule has 1 N–H and O–H groups in total. The van der Waals surface area contributed by atoms with Gasteiger partial charge in [0.05, 0.1) is 18.8 Å². The first-order valence-electron chi connectivity index (χ1n) is 6.77. The standard InChI is InChI=1S/C15H19N3O/c1-19-14-4-2-12(3-5-14)15-8-11-18(17-15)13-6-9-16-10-7-13/h2-5,8,11,13,16H,6-7,9-10H2,1H3. The predicted molar refractivity (Wildman–Crippen MR) is 75.4 cm³/mol. The Morgan fingerprint density at radius 2 is 1.89 bits per heavy atom. The summed E-state index contributed by atoms with van der Waals surface area (Å²) in [7, 11) is 1.68. The molecular formula is C15H19N3O. The van der Waals surface area contributed by atoms with Crippen molar-refractivity contribution >= 4 is 0 Å². The second kappa shape index (κ2) is 5.45. The molecule has 4 nitrogen and oxygen atoms in total. The average molecular weight is 257 g/mol. The van der Waals surface area contributed by atoms with E-state index in [-0.39, 0.29) is 0 Å². The number of piperidine rings is 1. The minimum absolute atomic E-state index is 0.535. The Balaban J connectivity index is 1.79. The molecular weight excluding hydrogens is 238 g/mol. The maximum absolute atomic E-state index is 5.17. The van der Waals surface area contributed by atoms with Crippen LogP contribution < -0.4 is 10.1 Å². The lowest BCUT2D eigenvalue weighted by Gasteiger charge is -2.22. The number of hydrogen-bond donors (Lipinski definition) is 1. The predicted octanol–water partition coefficient (Wildman–Crippen LogP) is 2.48. The lowest BCUT2D eigenvalue weighted by Crippen LogP contribution is -2.29. The molecule has 0 aliphatic carbocycles. The SMILES string of the molecule is COc1ccc(-c2ccn(C3CCNCC3)n2)cc1. The second-order valence-electron chi connectivity index (χ2n) is 4.89. The van der Waals surface area contributed by atoms with Crippen LogP contribution in [0.25, 0.3) is 11.3 Å². The highest BCUT2D eigenvalue weighted by Gasteiger charge is 2.15. The molecule has 0 radical (unpaired) electrons. The van der Waals surface area contributed by atoms with Crippen molar-refractivity contribution < 1.29 is 4.74 Å². The molecule has 0 amide bonds. The number of benzene rings is 1. The summed E-state index contributed by atoms with van der Waals surface area (Å²) in [4.78, 5) is 0. The summed E-state index contributed by atoms with van der Waals surface area (Å²) in [6.45, 7) is 2.17. The van der Waals surface area contributed by atoms with Crippen LogP contribution in [0.15, 0.2) is 36.5 Å². The van der Waals surface area contributed by atoms with Gasteiger partial charge in [-0.25, -0.2) is 0 Å². The summed E-state index contributed by atoms with van der Waals surface area (Å²) in [6, 6.07) is 10.7. The Hall–Kier alpha value is -1.81. The van der Waals surface area contributed by atoms with E-state index in [2.05, 4.69) is 22.3 Å². The number of nitrogens with zero attached hydrogens (tertiary/aromatic N) is 2. The van der Waals surface area contributed by atoms with Gasteiger partial charge in [-0.1, -0.05) is 0 Å². The Labute approximate surface area is 113 Å². The van der Waals surface area contributed by atoms with Crippen LogP contribution in [-0.2, 0) is 0 Å². The molecule has 0 atom stereocenters. The van der Waals surface area contributed by atoms with Gasteiger partial charge < -0.3 is 10.1 Å². The fraction of sp³-hybridized carbons (Fsp3) is 0.400. The smallest absolute Gasteiger partial charge is 0.118 e. The second-order valence-corrected chi connectivity index (χ2v) is 4.89. The normalized spacial score (nSPS) is 16.5. The van der Waals surface area contributed by atoms with E-state index in [1.807, 2.05) is 24.3 Å². The molecule has 1 aliphatic heterocycles. The van der Waals surface area contributed by atoms with Crippen LogP contribution in [0.3, 0.4) is 0 Å². The number of methoxy groups -OCH3 is 1. The minimum Gasteiger partial charge on any atom is -0.497 e. The number of ether oxygens (including phenoxy) is 1. The average Bonchev–Trinajstić information content (AvgIpc) is 2.98. The Bertz CT molecular complexity index is 527. The van der Waals surface area contributed by atoms with E-state index >= 15 is 0 Å². The molecule has 0 saturated carbocycles. The molecule has 1 saturated heterocycles. The fourth-order valence-electron chi connectivity index (χ4n) is 2.53. The van der Waals surface area contributed by atoms with Gasteiger partial charge in [-0.3, -0.25) is 4.68 Å². The third-order valence-electron chi connectivity index (χ3n) is 3.68. The number of rotatable bonds is 3. The molecule has 1 aromatic carbocycles. The van der Waals surface area contributed by atoms with E-state index in [0.29, 0.717) is 6.04 Å². The maximum Gasteiger partial charge on any atom is 0.118 e. The zero-order valence-electron chi connectivity index (χ0n) is 11.2. The highest BCUT2D eigenvalue weighted by molar-refractivity contribution is 5.59. The minimum atomic E-state index is 0.535. The zero-order chi connectivity index (χ0) is 13.1. The van der Waals surface area contributed by atoms with Crippen molar-refractivity contribution in [3.05, 3.63) is 36.5 Å². The van der Waals surface area contributed by atoms with Gasteiger partial charge in [0.1, 0.15) is 5.75 Å². The zero-order valence-corrected chi connectivity index (χ0v) is 11.2. The van der Waals surface area contributed by atoms with Crippen LogP contribution in [0.1, 0.15) is 18.9 Å². The summed E-state index contributed by atoms with van der Waals surface area (Å²) in [5, 5.41) is 8.09. The summed E-state index contributed by atoms with van der Waals surface area (Å²) in [5.74, 6) is 0.876. The monoisotopic (exact) mass is 257 g/mol. The van der Waals surface area contributed by atoms with Crippen molar-refractivity contribution in [3.63, 3.8) is 0 Å². The largest absolute Gasteiger partial charge is 0.497 e. The Morgan fingerprint density at radius 1 is 1.16 bits per heavy atom. The van der Waals surface area contributed by atoms with Gasteiger partial charge in [0.2, 0.25) is 0 Å². The lowest BCUT2D eigenvalue weighted by molar-refractivity contribution is 0.343. The molecule has 0 unspecified atom stereocenters. The Kier molecular flexibility index (Phi) is 3.51. The molecule has 0 bridgehead atoms. The highest BCUT2D eigenvalue weighted by atomic mass is 16.5. The van der Waals surface area contributed by atoms with E-state index in [9.17, 15) is 0 Å². The van der Waals surface area contributed by atoms with Crippen molar-refractivity contribution in [1.82, 2.24) is 15.1 Å². The van der Waals surface area contributed by atoms with E-state index in [0.717, 1.165) is 42.9 Å². The van der Waals surface area contributed by atoms with E-state index < -0.39 is 0 Å². The molecule has 2 heterocycles. The molecule has 2 aromatic rings. The van der Waals surface area contributed by atoms with Gasteiger partial charge in [-0.2, -0.15) is 5.10 Å². The van der Waals surface area contributed by atoms with E-state index in [1.54, 1.807) is 7.11 Å². The van der Waals surface area contributed by atoms with E-state index in [4.69, 9.17) is 9.84 Å². The third kappa shape index (κ3) is 2.63. The molecule has 1 aliphatic rings. The van der Waals surface area contributed by atoms with Gasteiger partial charge in [0.25, 0.3) is 0 Å². The van der Waals surface area contributed by atoms with Crippen molar-refractivity contribution in [3.8, 4) is 17.0 Å². The molecule has 100 valence electrons. The van der Waals surface area contributed by atoms with Crippen LogP contribution in [0.2, 0.25) is 0 Å². The molecule has 1 fully saturated rings. The Morgan fingerprint density at radius 3 is 2.58 bits per heavy atom. The van der Waals surface area contributed by atoms with Crippen LogP contribution in [-0.4, -0.2) is 30.0 Å². The lowest BCUT2D eigenvalue weighted by atomic mass is 10.1. The number of aromatic nitrogens is 2. The molecule has 19 heavy (non-hydrogen) atoms. The quantitative estimate of drug-likeness (QED) is 0.918. The van der Waals surface area contributed by atoms with Crippen molar-refractivity contribution in [1.29, 1.82) is 0 Å². The first-order valence-corrected chi connectivity index (χ1v) is 6.77. The topological polar surface area (TPSA) is 39.1 Å². The third-order valence-corrected chi connectivity index (χ3v) is 3.68. The van der Waals surface area contributed by atoms with Crippen molar-refractivity contribution in [2.24, 2.45) is 0 Å². The first kappa shape index (κ1) is 12.2. The summed E-state index contributed by atoms with van der Waals surface area (Å²) in [5.41, 5.74) is 2.16. The van der Waals surface area contributed by atoms with Crippen LogP contribution in [0.4, 0.5) is 0 Å². The van der Waals surface area contributed by atoms with Crippen molar-refractivity contribution in [2.45, 2.75) is 18.9 Å². The first-order chi connectivity index (χ1) is 9.36. The van der Waals surface area contributed by atoms with Crippen LogP contribution in [0, 0.1) is 0 Å². The van der Waals surface area contributed by atoms with Gasteiger partial charge >= 0.3 is 0 Å². The molecule has 1 aromatic heterocycles. The maximum atomic E-state index is 5.17.